The van der Waals surface area contributed by atoms with E-state index in [2.05, 4.69) is 5.32 Å². The van der Waals surface area contributed by atoms with Gasteiger partial charge in [0.05, 0.1) is 13.2 Å². The fourth-order valence-electron chi connectivity index (χ4n) is 2.25. The Labute approximate surface area is 128 Å². The van der Waals surface area contributed by atoms with Crippen LogP contribution < -0.4 is 10.1 Å². The van der Waals surface area contributed by atoms with Crippen LogP contribution >= 0.6 is 0 Å². The highest BCUT2D eigenvalue weighted by atomic mass is 19.1. The van der Waals surface area contributed by atoms with Crippen molar-refractivity contribution in [3.63, 3.8) is 0 Å². The van der Waals surface area contributed by atoms with E-state index >= 15 is 0 Å². The van der Waals surface area contributed by atoms with Crippen LogP contribution in [0.4, 0.5) is 4.39 Å². The minimum Gasteiger partial charge on any atom is -0.484 e. The van der Waals surface area contributed by atoms with Crippen molar-refractivity contribution in [2.75, 3.05) is 33.4 Å². The summed E-state index contributed by atoms with van der Waals surface area (Å²) in [5, 5.41) is 2.53. The van der Waals surface area contributed by atoms with Gasteiger partial charge in [0.2, 0.25) is 0 Å². The van der Waals surface area contributed by atoms with Crippen LogP contribution in [0.25, 0.3) is 0 Å². The van der Waals surface area contributed by atoms with Gasteiger partial charge < -0.3 is 19.7 Å². The zero-order chi connectivity index (χ0) is 16.2. The number of carbonyl (C=O) groups is 2. The van der Waals surface area contributed by atoms with Crippen LogP contribution in [0.3, 0.4) is 0 Å². The molecule has 1 aromatic rings. The van der Waals surface area contributed by atoms with Crippen molar-refractivity contribution < 1.29 is 23.5 Å². The van der Waals surface area contributed by atoms with Gasteiger partial charge in [-0.15, -0.1) is 0 Å². The van der Waals surface area contributed by atoms with Crippen molar-refractivity contribution in [1.29, 1.82) is 0 Å². The fraction of sp³-hybridized carbons (Fsp3) is 0.467. The Morgan fingerprint density at radius 2 is 2.09 bits per heavy atom. The van der Waals surface area contributed by atoms with Crippen LogP contribution in [0.2, 0.25) is 0 Å². The minimum atomic E-state index is -1.06. The van der Waals surface area contributed by atoms with Crippen molar-refractivity contribution in [3.05, 3.63) is 30.1 Å². The van der Waals surface area contributed by atoms with Gasteiger partial charge in [0.1, 0.15) is 11.6 Å². The summed E-state index contributed by atoms with van der Waals surface area (Å²) in [6.07, 6.45) is 0. The van der Waals surface area contributed by atoms with E-state index in [-0.39, 0.29) is 37.4 Å². The van der Waals surface area contributed by atoms with Gasteiger partial charge in [0.25, 0.3) is 11.8 Å². The van der Waals surface area contributed by atoms with Gasteiger partial charge in [-0.1, -0.05) is 0 Å². The van der Waals surface area contributed by atoms with E-state index in [1.807, 2.05) is 0 Å². The Balaban J connectivity index is 1.92. The molecule has 1 fully saturated rings. The first-order valence-electron chi connectivity index (χ1n) is 6.97. The fourth-order valence-corrected chi connectivity index (χ4v) is 2.25. The third-order valence-electron chi connectivity index (χ3n) is 3.51. The van der Waals surface area contributed by atoms with Crippen LogP contribution in [0, 0.1) is 5.82 Å². The number of hydrogen-bond donors (Lipinski definition) is 1. The second-order valence-electron chi connectivity index (χ2n) is 5.22. The summed E-state index contributed by atoms with van der Waals surface area (Å²) in [5.74, 6) is -0.475. The van der Waals surface area contributed by atoms with Crippen LogP contribution in [0.15, 0.2) is 24.3 Å². The third-order valence-corrected chi connectivity index (χ3v) is 3.51. The van der Waals surface area contributed by atoms with Gasteiger partial charge in [-0.2, -0.15) is 0 Å². The molecule has 1 aromatic carbocycles. The Kier molecular flexibility index (Phi) is 4.97. The van der Waals surface area contributed by atoms with Crippen LogP contribution in [-0.2, 0) is 14.3 Å². The van der Waals surface area contributed by atoms with E-state index < -0.39 is 5.60 Å². The van der Waals surface area contributed by atoms with Gasteiger partial charge in [-0.3, -0.25) is 9.59 Å². The molecule has 1 heterocycles. The molecule has 0 radical (unpaired) electrons. The van der Waals surface area contributed by atoms with Crippen molar-refractivity contribution in [2.45, 2.75) is 12.5 Å². The van der Waals surface area contributed by atoms with Crippen LogP contribution in [0.1, 0.15) is 6.92 Å². The number of nitrogens with zero attached hydrogens (tertiary/aromatic N) is 1. The lowest BCUT2D eigenvalue weighted by atomic mass is 10.0. The van der Waals surface area contributed by atoms with Crippen molar-refractivity contribution in [3.8, 4) is 5.75 Å². The van der Waals surface area contributed by atoms with E-state index in [1.54, 1.807) is 6.92 Å². The topological polar surface area (TPSA) is 67.9 Å². The molecule has 120 valence electrons. The van der Waals surface area contributed by atoms with Crippen molar-refractivity contribution in [1.82, 2.24) is 10.2 Å². The average molecular weight is 310 g/mol. The maximum atomic E-state index is 12.8. The molecule has 0 spiro atoms. The molecule has 1 aliphatic heterocycles. The van der Waals surface area contributed by atoms with Crippen molar-refractivity contribution >= 4 is 11.8 Å². The molecule has 0 unspecified atom stereocenters. The average Bonchev–Trinajstić information content (AvgIpc) is 2.53. The number of amides is 2. The first kappa shape index (κ1) is 16.2. The lowest BCUT2D eigenvalue weighted by molar-refractivity contribution is -0.163. The number of halogens is 1. The molecular formula is C15H19FN2O4. The second-order valence-corrected chi connectivity index (χ2v) is 5.22. The van der Waals surface area contributed by atoms with Gasteiger partial charge >= 0.3 is 0 Å². The van der Waals surface area contributed by atoms with Gasteiger partial charge in [0.15, 0.2) is 12.2 Å². The maximum absolute atomic E-state index is 12.8. The molecular weight excluding hydrogens is 291 g/mol. The lowest BCUT2D eigenvalue weighted by Crippen LogP contribution is -2.59. The highest BCUT2D eigenvalue weighted by Gasteiger charge is 2.40. The molecule has 22 heavy (non-hydrogen) atoms. The quantitative estimate of drug-likeness (QED) is 0.883. The number of carbonyl (C=O) groups excluding carboxylic acids is 2. The molecule has 6 nitrogen and oxygen atoms in total. The molecule has 2 amide bonds. The number of morpholine rings is 1. The van der Waals surface area contributed by atoms with E-state index in [4.69, 9.17) is 9.47 Å². The van der Waals surface area contributed by atoms with E-state index in [9.17, 15) is 14.0 Å². The first-order chi connectivity index (χ1) is 10.4. The molecule has 1 N–H and O–H groups in total. The van der Waals surface area contributed by atoms with E-state index in [1.165, 1.54) is 36.2 Å². The number of hydrogen-bond acceptors (Lipinski definition) is 4. The lowest BCUT2D eigenvalue weighted by Gasteiger charge is -2.38. The maximum Gasteiger partial charge on any atom is 0.260 e. The standard InChI is InChI=1S/C15H19FN2O4/c1-15(14(20)17-2)10-18(7-8-22-15)13(19)9-21-12-5-3-11(16)4-6-12/h3-6H,7-10H2,1-2H3,(H,17,20)/t15-/m0/s1. The van der Waals surface area contributed by atoms with Crippen LogP contribution in [-0.4, -0.2) is 55.7 Å². The summed E-state index contributed by atoms with van der Waals surface area (Å²) in [4.78, 5) is 25.5. The Hall–Kier alpha value is -2.15. The van der Waals surface area contributed by atoms with Gasteiger partial charge in [0, 0.05) is 13.6 Å². The van der Waals surface area contributed by atoms with Crippen molar-refractivity contribution in [2.24, 2.45) is 0 Å². The normalized spacial score (nSPS) is 21.3. The summed E-state index contributed by atoms with van der Waals surface area (Å²) >= 11 is 0. The third kappa shape index (κ3) is 3.73. The largest absolute Gasteiger partial charge is 0.484 e. The number of ether oxygens (including phenoxy) is 2. The number of likely N-dealkylation sites (N-methyl/N-ethyl adjacent to an activating group) is 1. The summed E-state index contributed by atoms with van der Waals surface area (Å²) < 4.78 is 23.6. The highest BCUT2D eigenvalue weighted by Crippen LogP contribution is 2.18. The van der Waals surface area contributed by atoms with Gasteiger partial charge in [-0.05, 0) is 31.2 Å². The predicted octanol–water partition coefficient (Wildman–Crippen LogP) is 0.568. The SMILES string of the molecule is CNC(=O)[C@]1(C)CN(C(=O)COc2ccc(F)cc2)CCO1. The molecule has 1 saturated heterocycles. The predicted molar refractivity (Wildman–Crippen MR) is 76.9 cm³/mol. The second kappa shape index (κ2) is 6.74. The zero-order valence-electron chi connectivity index (χ0n) is 12.6. The molecule has 1 atom stereocenters. The Morgan fingerprint density at radius 3 is 2.73 bits per heavy atom. The summed E-state index contributed by atoms with van der Waals surface area (Å²) in [5.41, 5.74) is -1.06. The minimum absolute atomic E-state index is 0.165. The molecule has 0 bridgehead atoms. The number of benzene rings is 1. The monoisotopic (exact) mass is 310 g/mol. The molecule has 0 aromatic heterocycles. The highest BCUT2D eigenvalue weighted by molar-refractivity contribution is 5.86. The van der Waals surface area contributed by atoms with Gasteiger partial charge in [-0.25, -0.2) is 4.39 Å². The van der Waals surface area contributed by atoms with E-state index in [0.717, 1.165) is 0 Å². The Morgan fingerprint density at radius 1 is 1.41 bits per heavy atom. The van der Waals surface area contributed by atoms with Crippen LogP contribution in [0.5, 0.6) is 5.75 Å². The van der Waals surface area contributed by atoms with E-state index in [0.29, 0.717) is 12.3 Å². The number of nitrogens with one attached hydrogen (secondary N) is 1. The molecule has 2 rings (SSSR count). The summed E-state index contributed by atoms with van der Waals surface area (Å²) in [6, 6.07) is 5.43. The smallest absolute Gasteiger partial charge is 0.260 e. The number of rotatable bonds is 4. The summed E-state index contributed by atoms with van der Waals surface area (Å²) in [7, 11) is 1.52. The zero-order valence-corrected chi connectivity index (χ0v) is 12.6. The molecule has 7 heteroatoms. The molecule has 0 aliphatic carbocycles. The Bertz CT molecular complexity index is 549. The first-order valence-corrected chi connectivity index (χ1v) is 6.97. The summed E-state index contributed by atoms with van der Waals surface area (Å²) in [6.45, 7) is 2.32. The molecule has 0 saturated carbocycles. The molecule has 1 aliphatic rings.